The Bertz CT molecular complexity index is 1460. The molecule has 5 rings (SSSR count). The number of fused-ring (bicyclic) bond motifs is 1. The van der Waals surface area contributed by atoms with Crippen LogP contribution >= 0.6 is 0 Å². The number of carboxylic acid groups (broad SMARTS) is 1. The summed E-state index contributed by atoms with van der Waals surface area (Å²) in [5.74, 6) is -2.05. The number of hydrogen-bond donors (Lipinski definition) is 2. The van der Waals surface area contributed by atoms with Crippen LogP contribution in [0, 0.1) is 17.6 Å². The van der Waals surface area contributed by atoms with Crippen LogP contribution in [-0.4, -0.2) is 22.0 Å². The van der Waals surface area contributed by atoms with Crippen molar-refractivity contribution in [2.45, 2.75) is 38.0 Å². The van der Waals surface area contributed by atoms with E-state index in [1.807, 2.05) is 18.2 Å². The van der Waals surface area contributed by atoms with E-state index in [-0.39, 0.29) is 18.0 Å². The van der Waals surface area contributed by atoms with Crippen LogP contribution in [-0.2, 0) is 4.79 Å². The number of carbonyl (C=O) groups is 2. The van der Waals surface area contributed by atoms with E-state index in [0.717, 1.165) is 48.9 Å². The molecule has 0 unspecified atom stereocenters. The average molecular weight is 501 g/mol. The number of anilines is 1. The third-order valence-electron chi connectivity index (χ3n) is 7.19. The Morgan fingerprint density at radius 2 is 1.62 bits per heavy atom. The summed E-state index contributed by atoms with van der Waals surface area (Å²) in [6.07, 6.45) is 5.69. The van der Waals surface area contributed by atoms with E-state index in [0.29, 0.717) is 22.4 Å². The summed E-state index contributed by atoms with van der Waals surface area (Å²) in [6.45, 7) is 0. The smallest absolute Gasteiger partial charge is 0.303 e. The number of carbonyl (C=O) groups excluding carboxylic acids is 1. The second kappa shape index (κ2) is 10.5. The number of carboxylic acids is 1. The molecule has 1 amide bonds. The Morgan fingerprint density at radius 1 is 0.892 bits per heavy atom. The van der Waals surface area contributed by atoms with Crippen molar-refractivity contribution in [1.29, 1.82) is 0 Å². The summed E-state index contributed by atoms with van der Waals surface area (Å²) >= 11 is 0. The van der Waals surface area contributed by atoms with Crippen LogP contribution in [0.3, 0.4) is 0 Å². The largest absolute Gasteiger partial charge is 0.481 e. The third-order valence-corrected chi connectivity index (χ3v) is 7.19. The van der Waals surface area contributed by atoms with Crippen molar-refractivity contribution in [3.8, 4) is 11.1 Å². The molecule has 0 bridgehead atoms. The van der Waals surface area contributed by atoms with E-state index >= 15 is 0 Å². The molecule has 5 nitrogen and oxygen atoms in total. The van der Waals surface area contributed by atoms with Gasteiger partial charge in [0.05, 0.1) is 16.8 Å². The molecule has 1 heterocycles. The number of aliphatic carboxylic acids is 1. The van der Waals surface area contributed by atoms with Gasteiger partial charge in [0, 0.05) is 24.1 Å². The standard InChI is InChI=1S/C30H26F2N2O3/c31-23-10-12-27(26(32)17-23)34-30(37)25-13-14-33-28-16-22(9-11-24(25)28)21-7-5-20(6-8-21)19-3-1-18(2-4-19)15-29(35)36/h5-14,16-19H,1-4,15H2,(H,34,37)(H,35,36). The van der Waals surface area contributed by atoms with Crippen molar-refractivity contribution in [2.24, 2.45) is 5.92 Å². The Balaban J connectivity index is 1.32. The van der Waals surface area contributed by atoms with Gasteiger partial charge in [0.15, 0.2) is 0 Å². The molecule has 0 atom stereocenters. The first-order chi connectivity index (χ1) is 17.9. The Morgan fingerprint density at radius 3 is 2.32 bits per heavy atom. The van der Waals surface area contributed by atoms with Crippen LogP contribution in [0.25, 0.3) is 22.0 Å². The van der Waals surface area contributed by atoms with Gasteiger partial charge in [0.1, 0.15) is 11.6 Å². The molecule has 2 N–H and O–H groups in total. The summed E-state index contributed by atoms with van der Waals surface area (Å²) in [7, 11) is 0. The highest BCUT2D eigenvalue weighted by atomic mass is 19.1. The molecule has 1 aliphatic rings. The van der Waals surface area contributed by atoms with Gasteiger partial charge in [-0.3, -0.25) is 14.6 Å². The molecular weight excluding hydrogens is 474 g/mol. The summed E-state index contributed by atoms with van der Waals surface area (Å²) < 4.78 is 27.2. The van der Waals surface area contributed by atoms with Crippen LogP contribution in [0.2, 0.25) is 0 Å². The van der Waals surface area contributed by atoms with Crippen LogP contribution in [0.1, 0.15) is 53.9 Å². The predicted octanol–water partition coefficient (Wildman–Crippen LogP) is 7.18. The van der Waals surface area contributed by atoms with Gasteiger partial charge in [0.2, 0.25) is 0 Å². The number of nitrogens with zero attached hydrogens (tertiary/aromatic N) is 1. The summed E-state index contributed by atoms with van der Waals surface area (Å²) in [5.41, 5.74) is 4.13. The monoisotopic (exact) mass is 500 g/mol. The average Bonchev–Trinajstić information content (AvgIpc) is 2.90. The number of amides is 1. The predicted molar refractivity (Wildman–Crippen MR) is 138 cm³/mol. The van der Waals surface area contributed by atoms with Crippen molar-refractivity contribution >= 4 is 28.5 Å². The number of pyridine rings is 1. The van der Waals surface area contributed by atoms with Crippen LogP contribution < -0.4 is 5.32 Å². The first-order valence-electron chi connectivity index (χ1n) is 12.3. The lowest BCUT2D eigenvalue weighted by molar-refractivity contribution is -0.138. The van der Waals surface area contributed by atoms with Gasteiger partial charge in [-0.15, -0.1) is 0 Å². The molecule has 0 saturated heterocycles. The van der Waals surface area contributed by atoms with E-state index in [9.17, 15) is 18.4 Å². The summed E-state index contributed by atoms with van der Waals surface area (Å²) in [6, 6.07) is 18.7. The molecule has 1 fully saturated rings. The van der Waals surface area contributed by atoms with Crippen molar-refractivity contribution < 1.29 is 23.5 Å². The second-order valence-electron chi connectivity index (χ2n) is 9.61. The molecular formula is C30H26F2N2O3. The molecule has 0 radical (unpaired) electrons. The van der Waals surface area contributed by atoms with Gasteiger partial charge in [-0.05, 0) is 78.5 Å². The number of nitrogens with one attached hydrogen (secondary N) is 1. The minimum atomic E-state index is -0.842. The maximum Gasteiger partial charge on any atom is 0.303 e. The van der Waals surface area contributed by atoms with E-state index < -0.39 is 23.5 Å². The zero-order valence-electron chi connectivity index (χ0n) is 20.1. The highest BCUT2D eigenvalue weighted by molar-refractivity contribution is 6.12. The number of aromatic nitrogens is 1. The molecule has 1 aromatic heterocycles. The lowest BCUT2D eigenvalue weighted by atomic mass is 9.77. The molecule has 4 aromatic rings. The fourth-order valence-electron chi connectivity index (χ4n) is 5.20. The lowest BCUT2D eigenvalue weighted by Crippen LogP contribution is -2.16. The normalized spacial score (nSPS) is 17.5. The lowest BCUT2D eigenvalue weighted by Gasteiger charge is -2.28. The zero-order chi connectivity index (χ0) is 25.9. The molecule has 1 saturated carbocycles. The van der Waals surface area contributed by atoms with Gasteiger partial charge in [-0.1, -0.05) is 36.4 Å². The molecule has 0 spiro atoms. The maximum absolute atomic E-state index is 14.0. The molecule has 0 aliphatic heterocycles. The van der Waals surface area contributed by atoms with E-state index in [4.69, 9.17) is 5.11 Å². The van der Waals surface area contributed by atoms with Gasteiger partial charge < -0.3 is 10.4 Å². The zero-order valence-corrected chi connectivity index (χ0v) is 20.1. The fraction of sp³-hybridized carbons (Fsp3) is 0.233. The maximum atomic E-state index is 14.0. The molecule has 37 heavy (non-hydrogen) atoms. The summed E-state index contributed by atoms with van der Waals surface area (Å²) in [5, 5.41) is 12.2. The van der Waals surface area contributed by atoms with E-state index in [1.165, 1.54) is 17.8 Å². The SMILES string of the molecule is O=C(O)CC1CCC(c2ccc(-c3ccc4c(C(=O)Nc5ccc(F)cc5F)ccnc4c3)cc2)CC1. The highest BCUT2D eigenvalue weighted by Gasteiger charge is 2.24. The molecule has 3 aromatic carbocycles. The van der Waals surface area contributed by atoms with Crippen LogP contribution in [0.4, 0.5) is 14.5 Å². The number of benzene rings is 3. The number of rotatable bonds is 6. The Labute approximate surface area is 213 Å². The third kappa shape index (κ3) is 5.50. The van der Waals surface area contributed by atoms with E-state index in [2.05, 4.69) is 34.6 Å². The van der Waals surface area contributed by atoms with Crippen molar-refractivity contribution in [3.63, 3.8) is 0 Å². The van der Waals surface area contributed by atoms with Crippen molar-refractivity contribution in [2.75, 3.05) is 5.32 Å². The van der Waals surface area contributed by atoms with E-state index in [1.54, 1.807) is 6.07 Å². The highest BCUT2D eigenvalue weighted by Crippen LogP contribution is 2.38. The van der Waals surface area contributed by atoms with Crippen molar-refractivity contribution in [3.05, 3.63) is 95.7 Å². The first-order valence-corrected chi connectivity index (χ1v) is 12.3. The quantitative estimate of drug-likeness (QED) is 0.294. The van der Waals surface area contributed by atoms with Gasteiger partial charge in [-0.25, -0.2) is 8.78 Å². The minimum absolute atomic E-state index is 0.0940. The molecule has 7 heteroatoms. The van der Waals surface area contributed by atoms with Crippen LogP contribution in [0.5, 0.6) is 0 Å². The minimum Gasteiger partial charge on any atom is -0.481 e. The van der Waals surface area contributed by atoms with Gasteiger partial charge in [-0.2, -0.15) is 0 Å². The topological polar surface area (TPSA) is 79.3 Å². The summed E-state index contributed by atoms with van der Waals surface area (Å²) in [4.78, 5) is 28.2. The van der Waals surface area contributed by atoms with Crippen molar-refractivity contribution in [1.82, 2.24) is 4.98 Å². The van der Waals surface area contributed by atoms with Gasteiger partial charge >= 0.3 is 5.97 Å². The number of halogens is 2. The number of hydrogen-bond acceptors (Lipinski definition) is 3. The Hall–Kier alpha value is -4.13. The Kier molecular flexibility index (Phi) is 6.95. The molecule has 1 aliphatic carbocycles. The second-order valence-corrected chi connectivity index (χ2v) is 9.61. The first kappa shape index (κ1) is 24.6. The molecule has 188 valence electrons. The fourth-order valence-corrected chi connectivity index (χ4v) is 5.20. The van der Waals surface area contributed by atoms with Gasteiger partial charge in [0.25, 0.3) is 5.91 Å². The van der Waals surface area contributed by atoms with Crippen LogP contribution in [0.15, 0.2) is 72.9 Å².